The van der Waals surface area contributed by atoms with Crippen molar-refractivity contribution in [2.75, 3.05) is 5.43 Å². The van der Waals surface area contributed by atoms with Gasteiger partial charge in [0.15, 0.2) is 0 Å². The molecule has 0 saturated heterocycles. The molecular formula is C15H15ClN4O3S. The molecule has 0 spiro atoms. The van der Waals surface area contributed by atoms with Crippen LogP contribution in [0.4, 0.5) is 5.69 Å². The van der Waals surface area contributed by atoms with Crippen LogP contribution in [0, 0.1) is 6.92 Å². The van der Waals surface area contributed by atoms with Crippen molar-refractivity contribution in [2.45, 2.75) is 11.8 Å². The largest absolute Gasteiger partial charge is 0.297 e. The van der Waals surface area contributed by atoms with Crippen LogP contribution >= 0.6 is 11.6 Å². The Morgan fingerprint density at radius 3 is 2.21 bits per heavy atom. The van der Waals surface area contributed by atoms with Gasteiger partial charge in [0, 0.05) is 5.02 Å². The Bertz CT molecular complexity index is 863. The average Bonchev–Trinajstić information content (AvgIpc) is 2.56. The normalized spacial score (nSPS) is 11.9. The molecule has 0 aliphatic heterocycles. The maximum atomic E-state index is 12.6. The summed E-state index contributed by atoms with van der Waals surface area (Å²) in [5, 5.41) is 3.47. The first-order chi connectivity index (χ1) is 11.3. The first kappa shape index (κ1) is 17.9. The number of nitrogens with one attached hydrogen (secondary N) is 2. The second kappa shape index (κ2) is 7.43. The summed E-state index contributed by atoms with van der Waals surface area (Å²) < 4.78 is 25.2. The zero-order chi connectivity index (χ0) is 17.7. The van der Waals surface area contributed by atoms with Crippen molar-refractivity contribution in [3.8, 4) is 0 Å². The minimum absolute atomic E-state index is 0.0617. The third-order valence-corrected chi connectivity index (χ3v) is 4.97. The molecule has 0 bridgehead atoms. The van der Waals surface area contributed by atoms with Crippen LogP contribution in [0.1, 0.15) is 5.56 Å². The number of nitrogens with zero attached hydrogens (tertiary/aromatic N) is 1. The number of aryl methyl sites for hydroxylation is 1. The van der Waals surface area contributed by atoms with Gasteiger partial charge >= 0.3 is 0 Å². The van der Waals surface area contributed by atoms with Gasteiger partial charge < -0.3 is 0 Å². The lowest BCUT2D eigenvalue weighted by molar-refractivity contribution is -0.114. The van der Waals surface area contributed by atoms with Gasteiger partial charge in [-0.25, -0.2) is 14.3 Å². The zero-order valence-electron chi connectivity index (χ0n) is 12.7. The van der Waals surface area contributed by atoms with Gasteiger partial charge in [-0.15, -0.1) is 0 Å². The quantitative estimate of drug-likeness (QED) is 0.252. The van der Waals surface area contributed by atoms with E-state index in [0.717, 1.165) is 5.56 Å². The van der Waals surface area contributed by atoms with Crippen LogP contribution in [-0.4, -0.2) is 19.4 Å². The number of hydrazone groups is 1. The molecule has 0 radical (unpaired) electrons. The molecule has 0 unspecified atom stereocenters. The fourth-order valence-corrected chi connectivity index (χ4v) is 3.08. The number of sulfone groups is 1. The average molecular weight is 367 g/mol. The molecule has 0 aromatic heterocycles. The minimum atomic E-state index is -4.14. The summed E-state index contributed by atoms with van der Waals surface area (Å²) in [6, 6.07) is 12.4. The highest BCUT2D eigenvalue weighted by Gasteiger charge is 2.29. The Labute approximate surface area is 144 Å². The molecule has 0 atom stereocenters. The monoisotopic (exact) mass is 366 g/mol. The van der Waals surface area contributed by atoms with E-state index in [1.165, 1.54) is 12.1 Å². The summed E-state index contributed by atoms with van der Waals surface area (Å²) in [6.07, 6.45) is 0. The third-order valence-electron chi connectivity index (χ3n) is 3.04. The van der Waals surface area contributed by atoms with E-state index in [1.54, 1.807) is 41.8 Å². The van der Waals surface area contributed by atoms with E-state index >= 15 is 0 Å². The molecule has 2 aromatic rings. The molecule has 2 rings (SSSR count). The number of hydrogen-bond acceptors (Lipinski definition) is 6. The Morgan fingerprint density at radius 2 is 1.67 bits per heavy atom. The molecule has 9 heteroatoms. The van der Waals surface area contributed by atoms with Crippen molar-refractivity contribution in [2.24, 2.45) is 10.9 Å². The minimum Gasteiger partial charge on any atom is -0.288 e. The molecule has 1 amide bonds. The van der Waals surface area contributed by atoms with Crippen LogP contribution in [0.15, 0.2) is 58.5 Å². The van der Waals surface area contributed by atoms with Crippen molar-refractivity contribution >= 4 is 38.1 Å². The lowest BCUT2D eigenvalue weighted by Crippen LogP contribution is -2.40. The van der Waals surface area contributed by atoms with Gasteiger partial charge in [0.25, 0.3) is 5.91 Å². The molecule has 0 aliphatic carbocycles. The maximum Gasteiger partial charge on any atom is 0.297 e. The summed E-state index contributed by atoms with van der Waals surface area (Å²) in [6.45, 7) is 1.82. The maximum absolute atomic E-state index is 12.6. The van der Waals surface area contributed by atoms with Crippen molar-refractivity contribution in [1.29, 1.82) is 0 Å². The number of carbonyl (C=O) groups excluding carboxylic acids is 1. The summed E-state index contributed by atoms with van der Waals surface area (Å²) in [4.78, 5) is 11.8. The Morgan fingerprint density at radius 1 is 1.08 bits per heavy atom. The smallest absolute Gasteiger partial charge is 0.288 e. The predicted octanol–water partition coefficient (Wildman–Crippen LogP) is 1.84. The van der Waals surface area contributed by atoms with E-state index < -0.39 is 20.8 Å². The number of hydrogen-bond donors (Lipinski definition) is 3. The second-order valence-electron chi connectivity index (χ2n) is 4.83. The van der Waals surface area contributed by atoms with E-state index in [2.05, 4.69) is 10.5 Å². The van der Waals surface area contributed by atoms with Gasteiger partial charge in [-0.3, -0.25) is 15.6 Å². The molecule has 0 aliphatic rings. The second-order valence-corrected chi connectivity index (χ2v) is 7.13. The van der Waals surface area contributed by atoms with Gasteiger partial charge in [-0.2, -0.15) is 5.10 Å². The molecule has 0 heterocycles. The summed E-state index contributed by atoms with van der Waals surface area (Å²) >= 11 is 5.77. The number of anilines is 1. The third kappa shape index (κ3) is 4.10. The van der Waals surface area contributed by atoms with Crippen LogP contribution in [0.25, 0.3) is 0 Å². The Hall–Kier alpha value is -2.42. The standard InChI is InChI=1S/C15H15ClN4O3S/c1-10-2-8-13(9-3-10)24(22,23)15(14(21)18-17)20-19-12-6-4-11(16)5-7-12/h2-9,19H,17H2,1H3,(H,18,21)/b20-15-. The number of rotatable bonds is 3. The number of carbonyl (C=O) groups is 1. The SMILES string of the molecule is Cc1ccc(S(=O)(=O)/C(=N\Nc2ccc(Cl)cc2)C(=O)NN)cc1. The van der Waals surface area contributed by atoms with E-state index in [0.29, 0.717) is 10.7 Å². The molecule has 2 aromatic carbocycles. The van der Waals surface area contributed by atoms with E-state index in [9.17, 15) is 13.2 Å². The molecule has 0 saturated carbocycles. The highest BCUT2D eigenvalue weighted by atomic mass is 35.5. The van der Waals surface area contributed by atoms with E-state index in [-0.39, 0.29) is 4.90 Å². The predicted molar refractivity (Wildman–Crippen MR) is 93.2 cm³/mol. The number of nitrogens with two attached hydrogens (primary N) is 1. The van der Waals surface area contributed by atoms with Crippen LogP contribution in [0.5, 0.6) is 0 Å². The molecular weight excluding hydrogens is 352 g/mol. The number of amides is 1. The highest BCUT2D eigenvalue weighted by molar-refractivity contribution is 8.08. The highest BCUT2D eigenvalue weighted by Crippen LogP contribution is 2.16. The van der Waals surface area contributed by atoms with Crippen LogP contribution in [0.3, 0.4) is 0 Å². The van der Waals surface area contributed by atoms with Crippen LogP contribution in [0.2, 0.25) is 5.02 Å². The summed E-state index contributed by atoms with van der Waals surface area (Å²) in [5.74, 6) is 4.04. The number of benzene rings is 2. The van der Waals surface area contributed by atoms with Gasteiger partial charge in [0.1, 0.15) is 0 Å². The number of hydrazine groups is 1. The van der Waals surface area contributed by atoms with E-state index in [4.69, 9.17) is 17.4 Å². The van der Waals surface area contributed by atoms with Gasteiger partial charge in [-0.1, -0.05) is 29.3 Å². The van der Waals surface area contributed by atoms with Gasteiger partial charge in [0.2, 0.25) is 14.9 Å². The first-order valence-electron chi connectivity index (χ1n) is 6.76. The Kier molecular flexibility index (Phi) is 5.55. The topological polar surface area (TPSA) is 114 Å². The molecule has 7 nitrogen and oxygen atoms in total. The Balaban J connectivity index is 2.40. The van der Waals surface area contributed by atoms with Crippen molar-refractivity contribution < 1.29 is 13.2 Å². The lowest BCUT2D eigenvalue weighted by Gasteiger charge is -2.08. The van der Waals surface area contributed by atoms with Crippen molar-refractivity contribution in [1.82, 2.24) is 5.43 Å². The zero-order valence-corrected chi connectivity index (χ0v) is 14.2. The van der Waals surface area contributed by atoms with Gasteiger partial charge in [0.05, 0.1) is 10.6 Å². The first-order valence-corrected chi connectivity index (χ1v) is 8.62. The summed E-state index contributed by atoms with van der Waals surface area (Å²) in [7, 11) is -4.14. The van der Waals surface area contributed by atoms with Gasteiger partial charge in [-0.05, 0) is 43.3 Å². The van der Waals surface area contributed by atoms with Crippen molar-refractivity contribution in [3.05, 3.63) is 59.1 Å². The molecule has 4 N–H and O–H groups in total. The van der Waals surface area contributed by atoms with Crippen LogP contribution < -0.4 is 16.7 Å². The molecule has 0 fully saturated rings. The molecule has 126 valence electrons. The number of halogens is 1. The van der Waals surface area contributed by atoms with E-state index in [1.807, 2.05) is 6.92 Å². The van der Waals surface area contributed by atoms with Crippen molar-refractivity contribution in [3.63, 3.8) is 0 Å². The molecule has 24 heavy (non-hydrogen) atoms. The fraction of sp³-hybridized carbons (Fsp3) is 0.0667. The van der Waals surface area contributed by atoms with Crippen LogP contribution in [-0.2, 0) is 14.6 Å². The fourth-order valence-electron chi connectivity index (χ4n) is 1.76. The summed E-state index contributed by atoms with van der Waals surface area (Å²) in [5.41, 5.74) is 5.64. The lowest BCUT2D eigenvalue weighted by atomic mass is 10.2.